The van der Waals surface area contributed by atoms with E-state index in [1.807, 2.05) is 21.1 Å². The van der Waals surface area contributed by atoms with Crippen molar-refractivity contribution < 1.29 is 42.1 Å². The van der Waals surface area contributed by atoms with Gasteiger partial charge >= 0.3 is 11.9 Å². The standard InChI is InChI=1S/C56H110NO8P/c1-6-8-10-12-14-16-18-20-22-24-25-26-27-28-29-30-31-32-33-35-36-38-40-42-44-46-48-55(58)62-52-54(53-64-66(60,61)63-51-50-57(3,4)5)65-56(59)49-47-45-43-41-39-37-34-23-21-19-17-15-13-11-9-7-2/h23,34,54H,6-22,24-33,35-53H2,1-5H3/b34-23-. The zero-order valence-corrected chi connectivity index (χ0v) is 45.3. The maximum Gasteiger partial charge on any atom is 0.306 e. The van der Waals surface area contributed by atoms with E-state index in [2.05, 4.69) is 26.0 Å². The van der Waals surface area contributed by atoms with E-state index in [1.165, 1.54) is 199 Å². The van der Waals surface area contributed by atoms with Crippen molar-refractivity contribution in [2.75, 3.05) is 47.5 Å². The predicted molar refractivity (Wildman–Crippen MR) is 278 cm³/mol. The highest BCUT2D eigenvalue weighted by atomic mass is 31.2. The fraction of sp³-hybridized carbons (Fsp3) is 0.929. The van der Waals surface area contributed by atoms with Gasteiger partial charge in [0.1, 0.15) is 19.8 Å². The Morgan fingerprint density at radius 1 is 0.455 bits per heavy atom. The lowest BCUT2D eigenvalue weighted by Crippen LogP contribution is -2.37. The molecule has 9 nitrogen and oxygen atoms in total. The Morgan fingerprint density at radius 2 is 0.773 bits per heavy atom. The van der Waals surface area contributed by atoms with Crippen LogP contribution in [0.1, 0.15) is 284 Å². The van der Waals surface area contributed by atoms with Crippen molar-refractivity contribution >= 4 is 19.8 Å². The summed E-state index contributed by atoms with van der Waals surface area (Å²) in [4.78, 5) is 37.8. The molecule has 0 saturated carbocycles. The third-order valence-corrected chi connectivity index (χ3v) is 13.7. The number of hydrogen-bond donors (Lipinski definition) is 0. The lowest BCUT2D eigenvalue weighted by atomic mass is 10.0. The molecule has 0 spiro atoms. The normalized spacial score (nSPS) is 13.4. The van der Waals surface area contributed by atoms with Gasteiger partial charge in [0.15, 0.2) is 6.10 Å². The molecule has 0 fully saturated rings. The Morgan fingerprint density at radius 3 is 1.12 bits per heavy atom. The van der Waals surface area contributed by atoms with E-state index in [0.717, 1.165) is 51.4 Å². The van der Waals surface area contributed by atoms with Crippen LogP contribution in [0, 0.1) is 0 Å². The van der Waals surface area contributed by atoms with E-state index in [0.29, 0.717) is 17.4 Å². The number of carbonyl (C=O) groups excluding carboxylic acids is 2. The molecule has 392 valence electrons. The molecule has 0 radical (unpaired) electrons. The molecule has 0 aliphatic carbocycles. The summed E-state index contributed by atoms with van der Waals surface area (Å²) >= 11 is 0. The molecule has 0 aromatic heterocycles. The molecular formula is C56H110NO8P. The van der Waals surface area contributed by atoms with Crippen LogP contribution in [0.25, 0.3) is 0 Å². The Kier molecular flexibility index (Phi) is 47.8. The van der Waals surface area contributed by atoms with Gasteiger partial charge in [0, 0.05) is 12.8 Å². The first kappa shape index (κ1) is 64.8. The number of carbonyl (C=O) groups is 2. The molecule has 66 heavy (non-hydrogen) atoms. The van der Waals surface area contributed by atoms with Crippen LogP contribution in [-0.4, -0.2) is 70.0 Å². The Labute approximate surface area is 409 Å². The van der Waals surface area contributed by atoms with Crippen molar-refractivity contribution in [1.82, 2.24) is 0 Å². The number of hydrogen-bond acceptors (Lipinski definition) is 8. The van der Waals surface area contributed by atoms with Gasteiger partial charge in [-0.3, -0.25) is 14.2 Å². The van der Waals surface area contributed by atoms with Crippen LogP contribution >= 0.6 is 7.82 Å². The Balaban J connectivity index is 4.09. The molecule has 0 rings (SSSR count). The van der Waals surface area contributed by atoms with E-state index < -0.39 is 26.5 Å². The molecule has 0 aliphatic heterocycles. The molecule has 0 aromatic carbocycles. The number of phosphoric ester groups is 1. The van der Waals surface area contributed by atoms with Crippen LogP contribution in [-0.2, 0) is 32.7 Å². The molecule has 2 unspecified atom stereocenters. The first-order valence-electron chi connectivity index (χ1n) is 28.4. The van der Waals surface area contributed by atoms with Gasteiger partial charge in [-0.05, 0) is 38.5 Å². The van der Waals surface area contributed by atoms with Crippen molar-refractivity contribution in [3.63, 3.8) is 0 Å². The number of unbranched alkanes of at least 4 members (excludes halogenated alkanes) is 37. The summed E-state index contributed by atoms with van der Waals surface area (Å²) in [6.07, 6.45) is 55.5. The zero-order chi connectivity index (χ0) is 48.5. The first-order valence-corrected chi connectivity index (χ1v) is 29.9. The fourth-order valence-corrected chi connectivity index (χ4v) is 9.09. The fourth-order valence-electron chi connectivity index (χ4n) is 8.36. The van der Waals surface area contributed by atoms with Crippen LogP contribution < -0.4 is 4.89 Å². The van der Waals surface area contributed by atoms with Crippen molar-refractivity contribution in [2.45, 2.75) is 290 Å². The monoisotopic (exact) mass is 956 g/mol. The van der Waals surface area contributed by atoms with Gasteiger partial charge in [0.05, 0.1) is 27.7 Å². The van der Waals surface area contributed by atoms with Crippen LogP contribution in [0.15, 0.2) is 12.2 Å². The molecule has 0 N–H and O–H groups in total. The molecule has 0 aromatic rings. The highest BCUT2D eigenvalue weighted by molar-refractivity contribution is 7.45. The number of quaternary nitrogens is 1. The lowest BCUT2D eigenvalue weighted by Gasteiger charge is -2.28. The lowest BCUT2D eigenvalue weighted by molar-refractivity contribution is -0.870. The van der Waals surface area contributed by atoms with Crippen LogP contribution in [0.3, 0.4) is 0 Å². The highest BCUT2D eigenvalue weighted by Gasteiger charge is 2.22. The zero-order valence-electron chi connectivity index (χ0n) is 44.4. The molecule has 0 bridgehead atoms. The number of phosphoric acid groups is 1. The number of likely N-dealkylation sites (N-methyl/N-ethyl adjacent to an activating group) is 1. The Bertz CT molecular complexity index is 1130. The second-order valence-electron chi connectivity index (χ2n) is 20.7. The van der Waals surface area contributed by atoms with E-state index >= 15 is 0 Å². The second-order valence-corrected chi connectivity index (χ2v) is 22.1. The second kappa shape index (κ2) is 48.8. The van der Waals surface area contributed by atoms with Gasteiger partial charge in [-0.25, -0.2) is 0 Å². The summed E-state index contributed by atoms with van der Waals surface area (Å²) in [5, 5.41) is 0. The molecule has 0 heterocycles. The number of rotatable bonds is 53. The van der Waals surface area contributed by atoms with Crippen molar-refractivity contribution in [3.05, 3.63) is 12.2 Å². The minimum Gasteiger partial charge on any atom is -0.756 e. The molecule has 2 atom stereocenters. The van der Waals surface area contributed by atoms with Gasteiger partial charge in [0.2, 0.25) is 0 Å². The summed E-state index contributed by atoms with van der Waals surface area (Å²) < 4.78 is 34.1. The number of nitrogens with zero attached hydrogens (tertiary/aromatic N) is 1. The van der Waals surface area contributed by atoms with Crippen LogP contribution in [0.5, 0.6) is 0 Å². The Hall–Kier alpha value is -1.25. The average Bonchev–Trinajstić information content (AvgIpc) is 3.27. The van der Waals surface area contributed by atoms with E-state index in [1.54, 1.807) is 0 Å². The molecule has 0 saturated heterocycles. The molecule has 0 aliphatic rings. The van der Waals surface area contributed by atoms with Crippen molar-refractivity contribution in [3.8, 4) is 0 Å². The quantitative estimate of drug-likeness (QED) is 0.0195. The maximum atomic E-state index is 12.7. The summed E-state index contributed by atoms with van der Waals surface area (Å²) in [6.45, 7) is 4.28. The summed E-state index contributed by atoms with van der Waals surface area (Å²) in [6, 6.07) is 0. The van der Waals surface area contributed by atoms with E-state index in [9.17, 15) is 19.0 Å². The van der Waals surface area contributed by atoms with E-state index in [4.69, 9.17) is 18.5 Å². The smallest absolute Gasteiger partial charge is 0.306 e. The van der Waals surface area contributed by atoms with Crippen molar-refractivity contribution in [1.29, 1.82) is 0 Å². The minimum atomic E-state index is -4.63. The summed E-state index contributed by atoms with van der Waals surface area (Å²) in [7, 11) is 1.18. The third kappa shape index (κ3) is 52.1. The number of esters is 2. The molecule has 10 heteroatoms. The van der Waals surface area contributed by atoms with Gasteiger partial charge < -0.3 is 27.9 Å². The summed E-state index contributed by atoms with van der Waals surface area (Å²) in [5.74, 6) is -0.826. The largest absolute Gasteiger partial charge is 0.756 e. The predicted octanol–water partition coefficient (Wildman–Crippen LogP) is 16.6. The summed E-state index contributed by atoms with van der Waals surface area (Å²) in [5.41, 5.74) is 0. The van der Waals surface area contributed by atoms with Crippen LogP contribution in [0.2, 0.25) is 0 Å². The maximum absolute atomic E-state index is 12.7. The van der Waals surface area contributed by atoms with Gasteiger partial charge in [0.25, 0.3) is 7.82 Å². The van der Waals surface area contributed by atoms with E-state index in [-0.39, 0.29) is 32.0 Å². The topological polar surface area (TPSA) is 111 Å². The average molecular weight is 956 g/mol. The van der Waals surface area contributed by atoms with Gasteiger partial charge in [-0.15, -0.1) is 0 Å². The third-order valence-electron chi connectivity index (χ3n) is 12.8. The van der Waals surface area contributed by atoms with Gasteiger partial charge in [-0.2, -0.15) is 0 Å². The first-order chi connectivity index (χ1) is 32.0. The highest BCUT2D eigenvalue weighted by Crippen LogP contribution is 2.38. The molecule has 0 amide bonds. The van der Waals surface area contributed by atoms with Crippen LogP contribution in [0.4, 0.5) is 0 Å². The SMILES string of the molecule is CCCCCCCCC/C=C\CCCCCCCC(=O)OC(COC(=O)CCCCCCCCCCCCCCCCCCCCCCCCCCCC)COP(=O)([O-])OCC[N+](C)(C)C. The van der Waals surface area contributed by atoms with Gasteiger partial charge in [-0.1, -0.05) is 244 Å². The number of ether oxygens (including phenoxy) is 2. The number of allylic oxidation sites excluding steroid dienone is 2. The minimum absolute atomic E-state index is 0.0289. The van der Waals surface area contributed by atoms with Crippen molar-refractivity contribution in [2.24, 2.45) is 0 Å². The molecular weight excluding hydrogens is 846 g/mol.